The predicted octanol–water partition coefficient (Wildman–Crippen LogP) is 5.03. The highest BCUT2D eigenvalue weighted by Crippen LogP contribution is 2.40. The van der Waals surface area contributed by atoms with E-state index >= 15 is 0 Å². The van der Waals surface area contributed by atoms with Crippen LogP contribution in [0.4, 0.5) is 4.79 Å². The summed E-state index contributed by atoms with van der Waals surface area (Å²) in [5.74, 6) is 0.0651. The second kappa shape index (κ2) is 13.0. The van der Waals surface area contributed by atoms with E-state index < -0.39 is 11.7 Å². The fraction of sp³-hybridized carbons (Fsp3) is 0.206. The van der Waals surface area contributed by atoms with Crippen molar-refractivity contribution in [2.24, 2.45) is 0 Å². The molecule has 6 rings (SSSR count). The highest BCUT2D eigenvalue weighted by molar-refractivity contribution is 6.36. The van der Waals surface area contributed by atoms with E-state index in [-0.39, 0.29) is 36.5 Å². The summed E-state index contributed by atoms with van der Waals surface area (Å²) in [6.07, 6.45) is 4.68. The zero-order valence-corrected chi connectivity index (χ0v) is 26.2. The minimum absolute atomic E-state index is 0.0160. The number of aromatic nitrogens is 4. The van der Waals surface area contributed by atoms with Gasteiger partial charge in [0.1, 0.15) is 11.3 Å². The average molecular weight is 653 g/mol. The molecular weight excluding hydrogens is 624 g/mol. The Morgan fingerprint density at radius 1 is 1.11 bits per heavy atom. The number of amides is 2. The van der Waals surface area contributed by atoms with Crippen LogP contribution in [0.3, 0.4) is 0 Å². The molecule has 1 fully saturated rings. The number of fused-ring (bicyclic) bond motifs is 1. The number of pyridine rings is 1. The zero-order chi connectivity index (χ0) is 33.2. The lowest BCUT2D eigenvalue weighted by Gasteiger charge is -2.23. The first-order valence-corrected chi connectivity index (χ1v) is 15.1. The number of ether oxygens (including phenoxy) is 1. The van der Waals surface area contributed by atoms with Gasteiger partial charge in [-0.1, -0.05) is 48.0 Å². The summed E-state index contributed by atoms with van der Waals surface area (Å²) >= 11 is 7.03. The Labute approximate surface area is 273 Å². The number of aldehydes is 1. The predicted molar refractivity (Wildman–Crippen MR) is 175 cm³/mol. The van der Waals surface area contributed by atoms with Crippen molar-refractivity contribution < 1.29 is 24.2 Å². The fourth-order valence-corrected chi connectivity index (χ4v) is 6.11. The molecule has 12 nitrogen and oxygen atoms in total. The van der Waals surface area contributed by atoms with E-state index in [1.165, 1.54) is 28.8 Å². The Kier molecular flexibility index (Phi) is 8.68. The maximum atomic E-state index is 12.5. The fourth-order valence-electron chi connectivity index (χ4n) is 5.79. The number of hydrogen-bond acceptors (Lipinski definition) is 8. The molecule has 1 unspecified atom stereocenters. The Balaban J connectivity index is 1.32. The molecule has 1 aliphatic rings. The molecule has 1 saturated heterocycles. The smallest absolute Gasteiger partial charge is 0.407 e. The Morgan fingerprint density at radius 3 is 2.55 bits per heavy atom. The van der Waals surface area contributed by atoms with Crippen molar-refractivity contribution in [2.45, 2.75) is 32.4 Å². The molecule has 2 aromatic carbocycles. The molecule has 1 aliphatic heterocycles. The number of carbonyl (C=O) groups excluding carboxylic acids is 2. The highest BCUT2D eigenvalue weighted by Gasteiger charge is 2.27. The Bertz CT molecular complexity index is 2120. The lowest BCUT2D eigenvalue weighted by molar-refractivity contribution is -0.119. The summed E-state index contributed by atoms with van der Waals surface area (Å²) < 4.78 is 6.85. The lowest BCUT2D eigenvalue weighted by atomic mass is 9.92. The van der Waals surface area contributed by atoms with Crippen LogP contribution >= 0.6 is 11.6 Å². The van der Waals surface area contributed by atoms with E-state index in [2.05, 4.69) is 20.3 Å². The number of nitrogens with zero attached hydrogens (tertiary/aromatic N) is 5. The van der Waals surface area contributed by atoms with Crippen LogP contribution in [0.5, 0.6) is 5.88 Å². The van der Waals surface area contributed by atoms with Gasteiger partial charge in [-0.3, -0.25) is 23.8 Å². The zero-order valence-electron chi connectivity index (χ0n) is 25.4. The van der Waals surface area contributed by atoms with Crippen LogP contribution in [-0.4, -0.2) is 67.3 Å². The molecule has 0 saturated carbocycles. The SMILES string of the molecule is COc1nc(-c2cccc(-c3cccc(-c4ccn5c(=O)c(C=O)cnc5c4)c3C)c2Cl)cnc1CN(CC1CCC(=O)N1)C(=O)O. The molecule has 2 N–H and O–H groups in total. The average Bonchev–Trinajstić information content (AvgIpc) is 3.49. The van der Waals surface area contributed by atoms with Gasteiger partial charge < -0.3 is 20.1 Å². The Morgan fingerprint density at radius 2 is 1.85 bits per heavy atom. The van der Waals surface area contributed by atoms with Gasteiger partial charge in [0.25, 0.3) is 5.56 Å². The van der Waals surface area contributed by atoms with Crippen LogP contribution < -0.4 is 15.6 Å². The number of carboxylic acid groups (broad SMARTS) is 1. The monoisotopic (exact) mass is 652 g/mol. The molecule has 47 heavy (non-hydrogen) atoms. The number of hydrogen-bond donors (Lipinski definition) is 2. The van der Waals surface area contributed by atoms with Crippen molar-refractivity contribution in [1.29, 1.82) is 0 Å². The summed E-state index contributed by atoms with van der Waals surface area (Å²) in [4.78, 5) is 61.9. The number of benzene rings is 2. The topological polar surface area (TPSA) is 156 Å². The second-order valence-electron chi connectivity index (χ2n) is 11.1. The molecule has 4 heterocycles. The van der Waals surface area contributed by atoms with Crippen molar-refractivity contribution in [3.05, 3.63) is 99.3 Å². The maximum absolute atomic E-state index is 12.5. The molecular formula is C34H29ClN6O6. The van der Waals surface area contributed by atoms with Crippen LogP contribution in [0.2, 0.25) is 5.02 Å². The van der Waals surface area contributed by atoms with E-state index in [4.69, 9.17) is 16.3 Å². The maximum Gasteiger partial charge on any atom is 0.407 e. The van der Waals surface area contributed by atoms with Crippen molar-refractivity contribution in [1.82, 2.24) is 29.6 Å². The van der Waals surface area contributed by atoms with E-state index in [0.29, 0.717) is 46.7 Å². The summed E-state index contributed by atoms with van der Waals surface area (Å²) in [6, 6.07) is 14.8. The molecule has 3 aromatic heterocycles. The molecule has 238 valence electrons. The van der Waals surface area contributed by atoms with Gasteiger partial charge in [-0.2, -0.15) is 0 Å². The van der Waals surface area contributed by atoms with E-state index in [0.717, 1.165) is 27.8 Å². The third-order valence-corrected chi connectivity index (χ3v) is 8.62. The van der Waals surface area contributed by atoms with Gasteiger partial charge in [0.05, 0.1) is 36.1 Å². The van der Waals surface area contributed by atoms with Crippen LogP contribution in [0.15, 0.2) is 71.9 Å². The van der Waals surface area contributed by atoms with Gasteiger partial charge >= 0.3 is 6.09 Å². The summed E-state index contributed by atoms with van der Waals surface area (Å²) in [5, 5.41) is 13.0. The van der Waals surface area contributed by atoms with Gasteiger partial charge in [-0.25, -0.2) is 14.8 Å². The molecule has 1 atom stereocenters. The first kappa shape index (κ1) is 31.4. The summed E-state index contributed by atoms with van der Waals surface area (Å²) in [5.41, 5.74) is 5.66. The third kappa shape index (κ3) is 6.15. The quantitative estimate of drug-likeness (QED) is 0.209. The van der Waals surface area contributed by atoms with E-state index in [1.54, 1.807) is 18.3 Å². The van der Waals surface area contributed by atoms with E-state index in [1.807, 2.05) is 43.3 Å². The number of methoxy groups -OCH3 is 1. The number of halogens is 1. The number of carbonyl (C=O) groups is 3. The van der Waals surface area contributed by atoms with Crippen LogP contribution in [0.25, 0.3) is 39.2 Å². The van der Waals surface area contributed by atoms with Crippen LogP contribution in [0, 0.1) is 6.92 Å². The van der Waals surface area contributed by atoms with Gasteiger partial charge in [-0.15, -0.1) is 0 Å². The summed E-state index contributed by atoms with van der Waals surface area (Å²) in [6.45, 7) is 2.03. The minimum atomic E-state index is -1.15. The molecule has 0 bridgehead atoms. The molecule has 0 aliphatic carbocycles. The first-order chi connectivity index (χ1) is 22.7. The second-order valence-corrected chi connectivity index (χ2v) is 11.5. The normalized spacial score (nSPS) is 14.2. The number of rotatable bonds is 9. The molecule has 5 aromatic rings. The van der Waals surface area contributed by atoms with Gasteiger partial charge in [0.15, 0.2) is 6.29 Å². The van der Waals surface area contributed by atoms with Crippen LogP contribution in [-0.2, 0) is 11.3 Å². The van der Waals surface area contributed by atoms with Crippen molar-refractivity contribution in [3.63, 3.8) is 0 Å². The third-order valence-electron chi connectivity index (χ3n) is 8.21. The van der Waals surface area contributed by atoms with Crippen molar-refractivity contribution in [3.8, 4) is 39.4 Å². The summed E-state index contributed by atoms with van der Waals surface area (Å²) in [7, 11) is 1.44. The van der Waals surface area contributed by atoms with E-state index in [9.17, 15) is 24.3 Å². The highest BCUT2D eigenvalue weighted by atomic mass is 35.5. The van der Waals surface area contributed by atoms with Gasteiger partial charge in [-0.05, 0) is 47.7 Å². The molecule has 0 radical (unpaired) electrons. The standard InChI is InChI=1S/C34H29ClN6O6/c1-19-23(20-11-12-41-29(13-20)37-14-21(18-42)33(41)44)5-3-6-24(19)25-7-4-8-26(31(25)35)27-15-36-28(32(39-27)47-2)17-40(34(45)46)16-22-9-10-30(43)38-22/h3-8,11-15,18,22H,9-10,16-17H2,1-2H3,(H,38,43)(H,45,46). The Hall–Kier alpha value is -5.62. The largest absolute Gasteiger partial charge is 0.480 e. The van der Waals surface area contributed by atoms with Gasteiger partial charge in [0, 0.05) is 42.5 Å². The van der Waals surface area contributed by atoms with Crippen molar-refractivity contribution >= 4 is 35.5 Å². The van der Waals surface area contributed by atoms with Crippen LogP contribution in [0.1, 0.15) is 34.5 Å². The minimum Gasteiger partial charge on any atom is -0.480 e. The lowest BCUT2D eigenvalue weighted by Crippen LogP contribution is -2.41. The number of nitrogens with one attached hydrogen (secondary N) is 1. The first-order valence-electron chi connectivity index (χ1n) is 14.7. The molecule has 0 spiro atoms. The van der Waals surface area contributed by atoms with Gasteiger partial charge in [0.2, 0.25) is 11.8 Å². The molecule has 13 heteroatoms. The molecule has 2 amide bonds. The van der Waals surface area contributed by atoms with Crippen molar-refractivity contribution in [2.75, 3.05) is 13.7 Å².